The molecule has 1 saturated heterocycles. The van der Waals surface area contributed by atoms with Crippen molar-refractivity contribution in [2.45, 2.75) is 25.3 Å². The van der Waals surface area contributed by atoms with E-state index in [9.17, 15) is 0 Å². The summed E-state index contributed by atoms with van der Waals surface area (Å²) in [6.45, 7) is 4.89. The topological polar surface area (TPSA) is 12.0 Å². The number of halogens is 1. The predicted molar refractivity (Wildman–Crippen MR) is 43.1 cm³/mol. The molecule has 0 aromatic heterocycles. The first kappa shape index (κ1) is 8.99. The van der Waals surface area contributed by atoms with Gasteiger partial charge in [-0.05, 0) is 25.8 Å². The Morgan fingerprint density at radius 3 is 2.89 bits per heavy atom. The Hall–Kier alpha value is -0.0100. The Morgan fingerprint density at radius 1 is 1.67 bits per heavy atom. The number of hydrogen-bond acceptors (Lipinski definition) is 1. The molecule has 1 aliphatic rings. The highest BCUT2D eigenvalue weighted by Gasteiger charge is 2.10. The van der Waals surface area contributed by atoms with E-state index in [4.69, 9.17) is 0 Å². The Labute approximate surface area is 62.9 Å². The molecule has 1 nitrogen and oxygen atoms in total. The average Bonchev–Trinajstić information content (AvgIpc) is 2.19. The highest BCUT2D eigenvalue weighted by molar-refractivity contribution is 5.85. The highest BCUT2D eigenvalue weighted by Crippen LogP contribution is 2.07. The van der Waals surface area contributed by atoms with Crippen molar-refractivity contribution in [3.05, 3.63) is 12.7 Å². The third-order valence-corrected chi connectivity index (χ3v) is 1.61. The van der Waals surface area contributed by atoms with Crippen LogP contribution in [0.4, 0.5) is 0 Å². The summed E-state index contributed by atoms with van der Waals surface area (Å²) in [4.78, 5) is 0. The van der Waals surface area contributed by atoms with E-state index >= 15 is 0 Å². The molecule has 0 aromatic rings. The molecule has 0 spiro atoms. The minimum absolute atomic E-state index is 0. The zero-order chi connectivity index (χ0) is 5.82. The van der Waals surface area contributed by atoms with Crippen LogP contribution < -0.4 is 5.32 Å². The van der Waals surface area contributed by atoms with Crippen LogP contribution >= 0.6 is 12.4 Å². The van der Waals surface area contributed by atoms with Crippen LogP contribution in [0.1, 0.15) is 19.3 Å². The maximum atomic E-state index is 3.68. The summed E-state index contributed by atoms with van der Waals surface area (Å²) in [5, 5.41) is 3.39. The van der Waals surface area contributed by atoms with E-state index in [0.717, 1.165) is 12.5 Å². The van der Waals surface area contributed by atoms with Crippen LogP contribution in [0, 0.1) is 0 Å². The summed E-state index contributed by atoms with van der Waals surface area (Å²) in [7, 11) is 0. The van der Waals surface area contributed by atoms with Gasteiger partial charge in [-0.3, -0.25) is 0 Å². The molecule has 9 heavy (non-hydrogen) atoms. The molecule has 1 rings (SSSR count). The lowest BCUT2D eigenvalue weighted by molar-refractivity contribution is 0.615. The van der Waals surface area contributed by atoms with Crippen molar-refractivity contribution in [1.82, 2.24) is 5.32 Å². The van der Waals surface area contributed by atoms with E-state index in [2.05, 4.69) is 11.9 Å². The summed E-state index contributed by atoms with van der Waals surface area (Å²) in [5.74, 6) is 0. The average molecular weight is 148 g/mol. The molecule has 0 aliphatic carbocycles. The number of hydrogen-bond donors (Lipinski definition) is 1. The number of rotatable bonds is 2. The van der Waals surface area contributed by atoms with Gasteiger partial charge in [-0.15, -0.1) is 19.0 Å². The molecular weight excluding hydrogens is 134 g/mol. The van der Waals surface area contributed by atoms with Gasteiger partial charge in [0.25, 0.3) is 0 Å². The van der Waals surface area contributed by atoms with Crippen LogP contribution in [0.15, 0.2) is 12.7 Å². The van der Waals surface area contributed by atoms with Crippen molar-refractivity contribution < 1.29 is 0 Å². The van der Waals surface area contributed by atoms with Gasteiger partial charge in [-0.1, -0.05) is 6.08 Å². The van der Waals surface area contributed by atoms with Crippen LogP contribution in [0.25, 0.3) is 0 Å². The maximum absolute atomic E-state index is 3.68. The zero-order valence-corrected chi connectivity index (χ0v) is 6.41. The molecule has 0 saturated carbocycles. The second-order valence-corrected chi connectivity index (χ2v) is 2.32. The standard InChI is InChI=1S/C7H13N.ClH/c1-2-4-7-5-3-6-8-7;/h2,7-8H,1,3-6H2;1H. The summed E-state index contributed by atoms with van der Waals surface area (Å²) in [6.07, 6.45) is 5.81. The number of nitrogens with one attached hydrogen (secondary N) is 1. The molecule has 1 aliphatic heterocycles. The Kier molecular flexibility index (Phi) is 4.83. The van der Waals surface area contributed by atoms with Crippen molar-refractivity contribution in [3.8, 4) is 0 Å². The SMILES string of the molecule is C=CCC1CCCN1.Cl. The van der Waals surface area contributed by atoms with E-state index < -0.39 is 0 Å². The van der Waals surface area contributed by atoms with Crippen LogP contribution in [0.3, 0.4) is 0 Å². The van der Waals surface area contributed by atoms with Crippen molar-refractivity contribution in [2.24, 2.45) is 0 Å². The van der Waals surface area contributed by atoms with Gasteiger partial charge in [0, 0.05) is 6.04 Å². The predicted octanol–water partition coefficient (Wildman–Crippen LogP) is 1.74. The van der Waals surface area contributed by atoms with E-state index in [1.54, 1.807) is 0 Å². The molecule has 0 radical (unpaired) electrons. The van der Waals surface area contributed by atoms with E-state index in [-0.39, 0.29) is 12.4 Å². The van der Waals surface area contributed by atoms with Crippen molar-refractivity contribution >= 4 is 12.4 Å². The highest BCUT2D eigenvalue weighted by atomic mass is 35.5. The molecule has 1 atom stereocenters. The lowest BCUT2D eigenvalue weighted by atomic mass is 10.2. The second kappa shape index (κ2) is 4.83. The third-order valence-electron chi connectivity index (χ3n) is 1.61. The smallest absolute Gasteiger partial charge is 0.0102 e. The molecule has 0 bridgehead atoms. The summed E-state index contributed by atoms with van der Waals surface area (Å²) >= 11 is 0. The van der Waals surface area contributed by atoms with Crippen LogP contribution in [0.5, 0.6) is 0 Å². The minimum atomic E-state index is 0. The summed E-state index contributed by atoms with van der Waals surface area (Å²) in [6, 6.07) is 0.743. The molecule has 1 unspecified atom stereocenters. The lowest BCUT2D eigenvalue weighted by Gasteiger charge is -2.03. The van der Waals surface area contributed by atoms with Gasteiger partial charge >= 0.3 is 0 Å². The van der Waals surface area contributed by atoms with E-state index in [1.807, 2.05) is 6.08 Å². The largest absolute Gasteiger partial charge is 0.314 e. The molecule has 1 heterocycles. The first-order valence-corrected chi connectivity index (χ1v) is 3.28. The summed E-state index contributed by atoms with van der Waals surface area (Å²) in [5.41, 5.74) is 0. The van der Waals surface area contributed by atoms with Crippen molar-refractivity contribution in [2.75, 3.05) is 6.54 Å². The van der Waals surface area contributed by atoms with Crippen LogP contribution in [-0.4, -0.2) is 12.6 Å². The molecule has 1 N–H and O–H groups in total. The van der Waals surface area contributed by atoms with E-state index in [0.29, 0.717) is 0 Å². The second-order valence-electron chi connectivity index (χ2n) is 2.32. The van der Waals surface area contributed by atoms with Gasteiger partial charge in [0.15, 0.2) is 0 Å². The normalized spacial score (nSPS) is 25.1. The lowest BCUT2D eigenvalue weighted by Crippen LogP contribution is -2.19. The summed E-state index contributed by atoms with van der Waals surface area (Å²) < 4.78 is 0. The minimum Gasteiger partial charge on any atom is -0.314 e. The van der Waals surface area contributed by atoms with Gasteiger partial charge in [0.1, 0.15) is 0 Å². The molecule has 0 aromatic carbocycles. The van der Waals surface area contributed by atoms with Crippen molar-refractivity contribution in [3.63, 3.8) is 0 Å². The van der Waals surface area contributed by atoms with Gasteiger partial charge in [-0.2, -0.15) is 0 Å². The molecule has 2 heteroatoms. The Morgan fingerprint density at radius 2 is 2.44 bits per heavy atom. The molecular formula is C7H14ClN. The quantitative estimate of drug-likeness (QED) is 0.587. The third kappa shape index (κ3) is 2.87. The zero-order valence-electron chi connectivity index (χ0n) is 5.60. The van der Waals surface area contributed by atoms with Gasteiger partial charge in [0.05, 0.1) is 0 Å². The van der Waals surface area contributed by atoms with Gasteiger partial charge in [-0.25, -0.2) is 0 Å². The molecule has 0 amide bonds. The first-order chi connectivity index (χ1) is 3.93. The van der Waals surface area contributed by atoms with Crippen LogP contribution in [0.2, 0.25) is 0 Å². The molecule has 54 valence electrons. The monoisotopic (exact) mass is 147 g/mol. The fraction of sp³-hybridized carbons (Fsp3) is 0.714. The Balaban J connectivity index is 0.000000640. The molecule has 1 fully saturated rings. The maximum Gasteiger partial charge on any atom is 0.0102 e. The fourth-order valence-corrected chi connectivity index (χ4v) is 1.16. The van der Waals surface area contributed by atoms with Gasteiger partial charge in [0.2, 0.25) is 0 Å². The Bertz CT molecular complexity index is 77.0. The van der Waals surface area contributed by atoms with Crippen LogP contribution in [-0.2, 0) is 0 Å². The van der Waals surface area contributed by atoms with E-state index in [1.165, 1.54) is 19.4 Å². The van der Waals surface area contributed by atoms with Gasteiger partial charge < -0.3 is 5.32 Å². The first-order valence-electron chi connectivity index (χ1n) is 3.28. The fourth-order valence-electron chi connectivity index (χ4n) is 1.16. The van der Waals surface area contributed by atoms with Crippen molar-refractivity contribution in [1.29, 1.82) is 0 Å².